The minimum Gasteiger partial charge on any atom is -0.305 e. The predicted molar refractivity (Wildman–Crippen MR) is 47.6 cm³/mol. The van der Waals surface area contributed by atoms with Crippen LogP contribution in [0.15, 0.2) is 6.07 Å². The van der Waals surface area contributed by atoms with E-state index in [-0.39, 0.29) is 0 Å². The summed E-state index contributed by atoms with van der Waals surface area (Å²) in [6.45, 7) is 5.05. The third-order valence-corrected chi connectivity index (χ3v) is 2.56. The lowest BCUT2D eigenvalue weighted by Crippen LogP contribution is -2.10. The molecule has 0 atom stereocenters. The number of aryl methyl sites for hydroxylation is 2. The lowest BCUT2D eigenvalue weighted by Gasteiger charge is -1.99. The molecule has 1 rings (SSSR count). The number of hydrogen-bond donors (Lipinski definition) is 1. The molecule has 3 heteroatoms. The highest BCUT2D eigenvalue weighted by molar-refractivity contribution is 7.12. The van der Waals surface area contributed by atoms with E-state index in [4.69, 9.17) is 4.84 Å². The van der Waals surface area contributed by atoms with Gasteiger partial charge < -0.3 is 4.84 Å². The Kier molecular flexibility index (Phi) is 3.05. The minimum atomic E-state index is 0.798. The van der Waals surface area contributed by atoms with Gasteiger partial charge in [-0.2, -0.15) is 5.48 Å². The van der Waals surface area contributed by atoms with Crippen LogP contribution in [0.3, 0.4) is 0 Å². The van der Waals surface area contributed by atoms with E-state index in [2.05, 4.69) is 25.4 Å². The Labute approximate surface area is 71.1 Å². The molecule has 0 aliphatic heterocycles. The third-order valence-electron chi connectivity index (χ3n) is 1.55. The maximum Gasteiger partial charge on any atom is 0.0572 e. The van der Waals surface area contributed by atoms with Gasteiger partial charge in [-0.1, -0.05) is 0 Å². The molecule has 0 aliphatic carbocycles. The maximum atomic E-state index is 4.76. The van der Waals surface area contributed by atoms with Crippen molar-refractivity contribution in [2.45, 2.75) is 20.4 Å². The first-order valence-corrected chi connectivity index (χ1v) is 4.37. The average Bonchev–Trinajstić information content (AvgIpc) is 2.26. The van der Waals surface area contributed by atoms with Crippen molar-refractivity contribution >= 4 is 11.3 Å². The van der Waals surface area contributed by atoms with Gasteiger partial charge in [0.1, 0.15) is 0 Å². The zero-order valence-electron chi connectivity index (χ0n) is 7.10. The quantitative estimate of drug-likeness (QED) is 0.702. The Morgan fingerprint density at radius 3 is 2.73 bits per heavy atom. The first kappa shape index (κ1) is 8.71. The molecule has 0 amide bonds. The van der Waals surface area contributed by atoms with Crippen LogP contribution in [-0.4, -0.2) is 7.11 Å². The summed E-state index contributed by atoms with van der Waals surface area (Å²) >= 11 is 1.82. The highest BCUT2D eigenvalue weighted by atomic mass is 32.1. The van der Waals surface area contributed by atoms with E-state index < -0.39 is 0 Å². The molecule has 1 heterocycles. The van der Waals surface area contributed by atoms with E-state index in [1.807, 2.05) is 11.3 Å². The summed E-state index contributed by atoms with van der Waals surface area (Å²) in [6, 6.07) is 2.19. The number of thiophene rings is 1. The van der Waals surface area contributed by atoms with Crippen LogP contribution < -0.4 is 5.48 Å². The Hall–Kier alpha value is -0.380. The van der Waals surface area contributed by atoms with Crippen LogP contribution in [0.5, 0.6) is 0 Å². The van der Waals surface area contributed by atoms with Gasteiger partial charge in [0.05, 0.1) is 7.11 Å². The summed E-state index contributed by atoms with van der Waals surface area (Å²) < 4.78 is 0. The van der Waals surface area contributed by atoms with Crippen LogP contribution in [0.1, 0.15) is 15.3 Å². The molecule has 1 N–H and O–H groups in total. The van der Waals surface area contributed by atoms with Gasteiger partial charge in [0.25, 0.3) is 0 Å². The van der Waals surface area contributed by atoms with E-state index >= 15 is 0 Å². The van der Waals surface area contributed by atoms with E-state index in [9.17, 15) is 0 Å². The maximum absolute atomic E-state index is 4.76. The predicted octanol–water partition coefficient (Wildman–Crippen LogP) is 2.02. The van der Waals surface area contributed by atoms with Crippen molar-refractivity contribution < 1.29 is 4.84 Å². The first-order chi connectivity index (χ1) is 5.24. The van der Waals surface area contributed by atoms with Crippen LogP contribution in [-0.2, 0) is 11.4 Å². The van der Waals surface area contributed by atoms with Gasteiger partial charge in [0.2, 0.25) is 0 Å². The van der Waals surface area contributed by atoms with Crippen LogP contribution in [0, 0.1) is 13.8 Å². The SMILES string of the molecule is CONCc1cc(C)sc1C. The number of nitrogens with one attached hydrogen (secondary N) is 1. The molecule has 0 fully saturated rings. The number of rotatable bonds is 3. The van der Waals surface area contributed by atoms with Crippen molar-refractivity contribution in [3.05, 3.63) is 21.4 Å². The molecule has 0 radical (unpaired) electrons. The topological polar surface area (TPSA) is 21.3 Å². The second-order valence-corrected chi connectivity index (χ2v) is 3.92. The van der Waals surface area contributed by atoms with Crippen molar-refractivity contribution in [3.63, 3.8) is 0 Å². The smallest absolute Gasteiger partial charge is 0.0572 e. The second-order valence-electron chi connectivity index (χ2n) is 2.46. The molecule has 1 aromatic rings. The van der Waals surface area contributed by atoms with E-state index in [0.717, 1.165) is 6.54 Å². The number of hydroxylamine groups is 1. The third kappa shape index (κ3) is 2.29. The minimum absolute atomic E-state index is 0.798. The fraction of sp³-hybridized carbons (Fsp3) is 0.500. The first-order valence-electron chi connectivity index (χ1n) is 3.56. The lowest BCUT2D eigenvalue weighted by atomic mass is 10.2. The molecule has 0 bridgehead atoms. The Morgan fingerprint density at radius 1 is 1.55 bits per heavy atom. The normalized spacial score (nSPS) is 10.5. The van der Waals surface area contributed by atoms with Gasteiger partial charge in [0.15, 0.2) is 0 Å². The standard InChI is InChI=1S/C8H13NOS/c1-6-4-8(5-9-10-3)7(2)11-6/h4,9H,5H2,1-3H3. The van der Waals surface area contributed by atoms with E-state index in [1.165, 1.54) is 15.3 Å². The summed E-state index contributed by atoms with van der Waals surface area (Å²) in [4.78, 5) is 7.49. The molecular formula is C8H13NOS. The number of hydrogen-bond acceptors (Lipinski definition) is 3. The van der Waals surface area contributed by atoms with Gasteiger partial charge in [-0.05, 0) is 25.5 Å². The van der Waals surface area contributed by atoms with Crippen LogP contribution in [0.4, 0.5) is 0 Å². The Morgan fingerprint density at radius 2 is 2.27 bits per heavy atom. The van der Waals surface area contributed by atoms with Crippen molar-refractivity contribution in [1.29, 1.82) is 0 Å². The van der Waals surface area contributed by atoms with E-state index in [1.54, 1.807) is 7.11 Å². The lowest BCUT2D eigenvalue weighted by molar-refractivity contribution is 0.0867. The monoisotopic (exact) mass is 171 g/mol. The van der Waals surface area contributed by atoms with Crippen molar-refractivity contribution in [1.82, 2.24) is 5.48 Å². The summed E-state index contributed by atoms with van der Waals surface area (Å²) in [5.41, 5.74) is 4.15. The molecule has 0 spiro atoms. The molecular weight excluding hydrogens is 158 g/mol. The van der Waals surface area contributed by atoms with E-state index in [0.29, 0.717) is 0 Å². The van der Waals surface area contributed by atoms with Crippen molar-refractivity contribution in [2.75, 3.05) is 7.11 Å². The van der Waals surface area contributed by atoms with Gasteiger partial charge in [-0.25, -0.2) is 0 Å². The molecule has 0 saturated carbocycles. The fourth-order valence-electron chi connectivity index (χ4n) is 1.01. The summed E-state index contributed by atoms with van der Waals surface area (Å²) in [7, 11) is 1.63. The molecule has 0 unspecified atom stereocenters. The molecule has 0 aliphatic rings. The summed E-state index contributed by atoms with van der Waals surface area (Å²) in [5, 5.41) is 0. The second kappa shape index (κ2) is 3.85. The molecule has 62 valence electrons. The molecule has 2 nitrogen and oxygen atoms in total. The van der Waals surface area contributed by atoms with Crippen molar-refractivity contribution in [3.8, 4) is 0 Å². The summed E-state index contributed by atoms with van der Waals surface area (Å²) in [6.07, 6.45) is 0. The molecule has 11 heavy (non-hydrogen) atoms. The molecule has 1 aromatic heterocycles. The molecule has 0 saturated heterocycles. The van der Waals surface area contributed by atoms with Gasteiger partial charge in [-0.15, -0.1) is 11.3 Å². The van der Waals surface area contributed by atoms with Gasteiger partial charge >= 0.3 is 0 Å². The van der Waals surface area contributed by atoms with Crippen LogP contribution in [0.25, 0.3) is 0 Å². The largest absolute Gasteiger partial charge is 0.305 e. The zero-order chi connectivity index (χ0) is 8.27. The zero-order valence-corrected chi connectivity index (χ0v) is 7.92. The van der Waals surface area contributed by atoms with Gasteiger partial charge in [0, 0.05) is 16.3 Å². The van der Waals surface area contributed by atoms with Crippen LogP contribution in [0.2, 0.25) is 0 Å². The highest BCUT2D eigenvalue weighted by Gasteiger charge is 2.00. The van der Waals surface area contributed by atoms with Crippen LogP contribution >= 0.6 is 11.3 Å². The highest BCUT2D eigenvalue weighted by Crippen LogP contribution is 2.19. The molecule has 0 aromatic carbocycles. The summed E-state index contributed by atoms with van der Waals surface area (Å²) in [5.74, 6) is 0. The Balaban J connectivity index is 2.62. The fourth-order valence-corrected chi connectivity index (χ4v) is 1.96. The Bertz CT molecular complexity index is 232. The van der Waals surface area contributed by atoms with Gasteiger partial charge in [-0.3, -0.25) is 0 Å². The van der Waals surface area contributed by atoms with Crippen molar-refractivity contribution in [2.24, 2.45) is 0 Å². The average molecular weight is 171 g/mol.